The van der Waals surface area contributed by atoms with Crippen LogP contribution in [-0.2, 0) is 6.54 Å². The minimum absolute atomic E-state index is 0.197. The first kappa shape index (κ1) is 20.1. The van der Waals surface area contributed by atoms with Crippen LogP contribution in [-0.4, -0.2) is 44.3 Å². The molecule has 0 fully saturated rings. The molecule has 3 heterocycles. The second kappa shape index (κ2) is 9.12. The molecule has 0 saturated heterocycles. The van der Waals surface area contributed by atoms with Crippen LogP contribution in [0.1, 0.15) is 10.4 Å². The molecule has 4 aromatic rings. The summed E-state index contributed by atoms with van der Waals surface area (Å²) in [7, 11) is 1.46. The number of carbonyl (C=O) groups excluding carboxylic acids is 1. The van der Waals surface area contributed by atoms with Gasteiger partial charge in [0.05, 0.1) is 30.6 Å². The highest BCUT2D eigenvalue weighted by molar-refractivity contribution is 5.93. The second-order valence-corrected chi connectivity index (χ2v) is 6.60. The predicted molar refractivity (Wildman–Crippen MR) is 112 cm³/mol. The largest absolute Gasteiger partial charge is 0.467 e. The minimum Gasteiger partial charge on any atom is -0.467 e. The number of ether oxygens (including phenoxy) is 1. The number of benzene rings is 1. The molecule has 1 aromatic carbocycles. The third kappa shape index (κ3) is 4.72. The highest BCUT2D eigenvalue weighted by Gasteiger charge is 2.13. The molecule has 0 aliphatic heterocycles. The highest BCUT2D eigenvalue weighted by atomic mass is 19.1. The Bertz CT molecular complexity index is 1160. The van der Waals surface area contributed by atoms with Crippen molar-refractivity contribution in [1.82, 2.24) is 30.0 Å². The van der Waals surface area contributed by atoms with E-state index < -0.39 is 0 Å². The molecule has 0 saturated carbocycles. The fourth-order valence-electron chi connectivity index (χ4n) is 3.01. The SMILES string of the molecule is COc1ncc(C(=O)NCCn2nc(-c3ccc(F)cc3)cc2-c2cccnc2)cn1. The molecule has 31 heavy (non-hydrogen) atoms. The zero-order chi connectivity index (χ0) is 21.6. The third-order valence-electron chi connectivity index (χ3n) is 4.56. The van der Waals surface area contributed by atoms with E-state index in [-0.39, 0.29) is 17.7 Å². The average molecular weight is 418 g/mol. The van der Waals surface area contributed by atoms with Gasteiger partial charge in [-0.1, -0.05) is 0 Å². The number of carbonyl (C=O) groups is 1. The summed E-state index contributed by atoms with van der Waals surface area (Å²) in [5.74, 6) is -0.600. The lowest BCUT2D eigenvalue weighted by Crippen LogP contribution is -2.28. The van der Waals surface area contributed by atoms with Gasteiger partial charge in [-0.15, -0.1) is 0 Å². The summed E-state index contributed by atoms with van der Waals surface area (Å²) in [6.45, 7) is 0.761. The maximum Gasteiger partial charge on any atom is 0.316 e. The molecule has 8 nitrogen and oxygen atoms in total. The number of nitrogens with one attached hydrogen (secondary N) is 1. The number of pyridine rings is 1. The van der Waals surface area contributed by atoms with Crippen molar-refractivity contribution in [2.45, 2.75) is 6.54 Å². The first-order valence-corrected chi connectivity index (χ1v) is 9.52. The van der Waals surface area contributed by atoms with Crippen molar-refractivity contribution in [3.63, 3.8) is 0 Å². The van der Waals surface area contributed by atoms with Crippen molar-refractivity contribution in [3.8, 4) is 28.5 Å². The number of halogens is 1. The molecule has 0 unspecified atom stereocenters. The smallest absolute Gasteiger partial charge is 0.316 e. The summed E-state index contributed by atoms with van der Waals surface area (Å²) in [5, 5.41) is 7.49. The lowest BCUT2D eigenvalue weighted by Gasteiger charge is -2.09. The zero-order valence-electron chi connectivity index (χ0n) is 16.7. The van der Waals surface area contributed by atoms with Crippen LogP contribution in [0.15, 0.2) is 67.3 Å². The van der Waals surface area contributed by atoms with Crippen molar-refractivity contribution in [3.05, 3.63) is 78.6 Å². The van der Waals surface area contributed by atoms with Crippen LogP contribution in [0.4, 0.5) is 4.39 Å². The third-order valence-corrected chi connectivity index (χ3v) is 4.56. The van der Waals surface area contributed by atoms with Crippen LogP contribution >= 0.6 is 0 Å². The molecule has 0 spiro atoms. The number of aromatic nitrogens is 5. The molecule has 0 radical (unpaired) electrons. The van der Waals surface area contributed by atoms with Crippen molar-refractivity contribution < 1.29 is 13.9 Å². The Morgan fingerprint density at radius 1 is 1.10 bits per heavy atom. The van der Waals surface area contributed by atoms with Crippen molar-refractivity contribution >= 4 is 5.91 Å². The Morgan fingerprint density at radius 2 is 1.87 bits per heavy atom. The molecule has 9 heteroatoms. The summed E-state index contributed by atoms with van der Waals surface area (Å²) in [6.07, 6.45) is 6.25. The van der Waals surface area contributed by atoms with Crippen LogP contribution < -0.4 is 10.1 Å². The lowest BCUT2D eigenvalue weighted by molar-refractivity contribution is 0.0951. The van der Waals surface area contributed by atoms with E-state index in [4.69, 9.17) is 4.74 Å². The van der Waals surface area contributed by atoms with Gasteiger partial charge in [0.25, 0.3) is 5.91 Å². The Morgan fingerprint density at radius 3 is 2.55 bits per heavy atom. The van der Waals surface area contributed by atoms with Crippen LogP contribution in [0.2, 0.25) is 0 Å². The monoisotopic (exact) mass is 418 g/mol. The molecule has 1 amide bonds. The first-order valence-electron chi connectivity index (χ1n) is 9.52. The Kier molecular flexibility index (Phi) is 5.93. The van der Waals surface area contributed by atoms with E-state index in [1.165, 1.54) is 31.6 Å². The lowest BCUT2D eigenvalue weighted by atomic mass is 10.1. The van der Waals surface area contributed by atoms with Crippen molar-refractivity contribution in [2.24, 2.45) is 0 Å². The van der Waals surface area contributed by atoms with Crippen molar-refractivity contribution in [1.29, 1.82) is 0 Å². The normalized spacial score (nSPS) is 10.6. The Balaban J connectivity index is 1.52. The minimum atomic E-state index is -0.305. The first-order chi connectivity index (χ1) is 15.1. The van der Waals surface area contributed by atoms with Crippen LogP contribution in [0, 0.1) is 5.82 Å². The Hall–Kier alpha value is -4.14. The predicted octanol–water partition coefficient (Wildman–Crippen LogP) is 2.98. The van der Waals surface area contributed by atoms with Crippen LogP contribution in [0.25, 0.3) is 22.5 Å². The van der Waals surface area contributed by atoms with Crippen LogP contribution in [0.5, 0.6) is 6.01 Å². The molecule has 3 aromatic heterocycles. The van der Waals surface area contributed by atoms with Crippen molar-refractivity contribution in [2.75, 3.05) is 13.7 Å². The number of methoxy groups -OCH3 is 1. The molecule has 156 valence electrons. The van der Waals surface area contributed by atoms with Gasteiger partial charge in [0, 0.05) is 42.5 Å². The van der Waals surface area contributed by atoms with Gasteiger partial charge in [0.15, 0.2) is 0 Å². The standard InChI is InChI=1S/C22H19FN6O2/c1-31-22-26-13-17(14-27-22)21(30)25-9-10-29-20(16-3-2-8-24-12-16)11-19(28-29)15-4-6-18(23)7-5-15/h2-8,11-14H,9-10H2,1H3,(H,25,30). The molecular formula is C22H19FN6O2. The molecule has 4 rings (SSSR count). The van der Waals surface area contributed by atoms with E-state index in [1.807, 2.05) is 18.2 Å². The van der Waals surface area contributed by atoms with Crippen LogP contribution in [0.3, 0.4) is 0 Å². The number of rotatable bonds is 7. The second-order valence-electron chi connectivity index (χ2n) is 6.60. The Labute approximate surface area is 177 Å². The van der Waals surface area contributed by atoms with E-state index in [9.17, 15) is 9.18 Å². The number of amides is 1. The molecule has 0 bridgehead atoms. The van der Waals surface area contributed by atoms with E-state index in [0.29, 0.717) is 24.3 Å². The zero-order valence-corrected chi connectivity index (χ0v) is 16.7. The fourth-order valence-corrected chi connectivity index (χ4v) is 3.01. The maximum atomic E-state index is 13.3. The summed E-state index contributed by atoms with van der Waals surface area (Å²) in [4.78, 5) is 24.4. The van der Waals surface area contributed by atoms with E-state index >= 15 is 0 Å². The number of hydrogen-bond donors (Lipinski definition) is 1. The van der Waals surface area contributed by atoms with E-state index in [1.54, 1.807) is 29.2 Å². The van der Waals surface area contributed by atoms with E-state index in [0.717, 1.165) is 16.8 Å². The molecule has 1 N–H and O–H groups in total. The van der Waals surface area contributed by atoms with Gasteiger partial charge in [0.2, 0.25) is 0 Å². The van der Waals surface area contributed by atoms with Gasteiger partial charge >= 0.3 is 6.01 Å². The van der Waals surface area contributed by atoms with Gasteiger partial charge in [-0.05, 0) is 42.5 Å². The topological polar surface area (TPSA) is 94.8 Å². The number of hydrogen-bond acceptors (Lipinski definition) is 6. The fraction of sp³-hybridized carbons (Fsp3) is 0.136. The maximum absolute atomic E-state index is 13.3. The molecular weight excluding hydrogens is 399 g/mol. The summed E-state index contributed by atoms with van der Waals surface area (Å²) in [6, 6.07) is 12.1. The molecule has 0 atom stereocenters. The van der Waals surface area contributed by atoms with E-state index in [2.05, 4.69) is 25.4 Å². The summed E-state index contributed by atoms with van der Waals surface area (Å²) < 4.78 is 20.0. The molecule has 0 aliphatic carbocycles. The quantitative estimate of drug-likeness (QED) is 0.496. The summed E-state index contributed by atoms with van der Waals surface area (Å²) in [5.41, 5.74) is 3.56. The van der Waals surface area contributed by atoms with Gasteiger partial charge in [-0.2, -0.15) is 5.10 Å². The highest BCUT2D eigenvalue weighted by Crippen LogP contribution is 2.26. The van der Waals surface area contributed by atoms with Gasteiger partial charge < -0.3 is 10.1 Å². The van der Waals surface area contributed by atoms with Gasteiger partial charge in [-0.3, -0.25) is 14.5 Å². The average Bonchev–Trinajstić information content (AvgIpc) is 3.24. The summed E-state index contributed by atoms with van der Waals surface area (Å²) >= 11 is 0. The van der Waals surface area contributed by atoms with Gasteiger partial charge in [0.1, 0.15) is 5.82 Å². The van der Waals surface area contributed by atoms with Gasteiger partial charge in [-0.25, -0.2) is 14.4 Å². The number of nitrogens with zero attached hydrogens (tertiary/aromatic N) is 5. The molecule has 0 aliphatic rings.